The number of aliphatic carboxylic acids is 1. The fourth-order valence-electron chi connectivity index (χ4n) is 3.05. The van der Waals surface area contributed by atoms with Crippen LogP contribution in [0.1, 0.15) is 38.5 Å². The molecule has 1 N–H and O–H groups in total. The Bertz CT molecular complexity index is 625. The third kappa shape index (κ3) is 6.96. The van der Waals surface area contributed by atoms with Gasteiger partial charge < -0.3 is 9.84 Å². The molecule has 136 valence electrons. The molecule has 0 unspecified atom stereocenters. The minimum absolute atomic E-state index is 0.219. The van der Waals surface area contributed by atoms with Crippen molar-refractivity contribution in [3.05, 3.63) is 40.4 Å². The van der Waals surface area contributed by atoms with Gasteiger partial charge in [-0.3, -0.25) is 4.79 Å². The summed E-state index contributed by atoms with van der Waals surface area (Å²) in [5.74, 6) is 0.636. The number of rotatable bonds is 9. The third-order valence-corrected chi connectivity index (χ3v) is 5.32. The number of benzene rings is 1. The highest BCUT2D eigenvalue weighted by atomic mass is 35.5. The van der Waals surface area contributed by atoms with Crippen molar-refractivity contribution in [1.82, 2.24) is 0 Å². The van der Waals surface area contributed by atoms with Crippen molar-refractivity contribution in [2.75, 3.05) is 6.61 Å². The van der Waals surface area contributed by atoms with E-state index >= 15 is 0 Å². The predicted molar refractivity (Wildman–Crippen MR) is 106 cm³/mol. The molecular weight excluding hydrogens is 379 g/mol. The summed E-state index contributed by atoms with van der Waals surface area (Å²) < 4.78 is 5.88. The Balaban J connectivity index is 1.82. The first kappa shape index (κ1) is 20.2. The highest BCUT2D eigenvalue weighted by molar-refractivity contribution is 7.80. The lowest BCUT2D eigenvalue weighted by Crippen LogP contribution is -2.21. The lowest BCUT2D eigenvalue weighted by atomic mass is 9.93. The lowest BCUT2D eigenvalue weighted by Gasteiger charge is -2.19. The number of unbranched alkanes of at least 4 members (excludes halogenated alkanes) is 1. The minimum Gasteiger partial charge on any atom is -0.493 e. The number of carbonyl (C=O) groups is 1. The summed E-state index contributed by atoms with van der Waals surface area (Å²) >= 11 is 17.5. The zero-order valence-electron chi connectivity index (χ0n) is 13.9. The number of halogens is 2. The van der Waals surface area contributed by atoms with Crippen molar-refractivity contribution >= 4 is 46.3 Å². The average molecular weight is 401 g/mol. The average Bonchev–Trinajstić information content (AvgIpc) is 2.87. The zero-order valence-corrected chi connectivity index (χ0v) is 16.2. The largest absolute Gasteiger partial charge is 0.493 e. The summed E-state index contributed by atoms with van der Waals surface area (Å²) in [6.07, 6.45) is 8.87. The van der Waals surface area contributed by atoms with Gasteiger partial charge in [-0.15, -0.1) is 0 Å². The fourth-order valence-corrected chi connectivity index (χ4v) is 3.93. The first-order valence-corrected chi connectivity index (χ1v) is 9.60. The Kier molecular flexibility index (Phi) is 8.20. The summed E-state index contributed by atoms with van der Waals surface area (Å²) in [4.78, 5) is 11.5. The van der Waals surface area contributed by atoms with E-state index in [9.17, 15) is 4.79 Å². The summed E-state index contributed by atoms with van der Waals surface area (Å²) in [5.41, 5.74) is 0. The van der Waals surface area contributed by atoms with E-state index in [2.05, 4.69) is 12.2 Å². The van der Waals surface area contributed by atoms with Gasteiger partial charge in [-0.1, -0.05) is 47.6 Å². The van der Waals surface area contributed by atoms with Gasteiger partial charge in [0, 0.05) is 22.4 Å². The van der Waals surface area contributed by atoms with E-state index in [0.29, 0.717) is 34.7 Å². The van der Waals surface area contributed by atoms with Crippen molar-refractivity contribution in [2.45, 2.75) is 38.5 Å². The van der Waals surface area contributed by atoms with Gasteiger partial charge >= 0.3 is 5.97 Å². The molecule has 0 spiro atoms. The number of allylic oxidation sites excluding steroid dienone is 2. The molecule has 1 aliphatic rings. The smallest absolute Gasteiger partial charge is 0.303 e. The van der Waals surface area contributed by atoms with E-state index in [1.807, 2.05) is 0 Å². The number of ether oxygens (including phenoxy) is 1. The van der Waals surface area contributed by atoms with Crippen molar-refractivity contribution in [3.8, 4) is 5.75 Å². The van der Waals surface area contributed by atoms with Gasteiger partial charge in [0.1, 0.15) is 5.75 Å². The SMILES string of the molecule is O=C(O)CCCC=CC[C@H]1CCC(=S)[C@@H]1COc1cc(Cl)cc(Cl)c1. The second kappa shape index (κ2) is 10.1. The Hall–Kier alpha value is -1.10. The van der Waals surface area contributed by atoms with Crippen molar-refractivity contribution in [2.24, 2.45) is 11.8 Å². The van der Waals surface area contributed by atoms with Gasteiger partial charge in [0.25, 0.3) is 0 Å². The maximum atomic E-state index is 10.5. The normalized spacial score (nSPS) is 20.3. The van der Waals surface area contributed by atoms with Crippen molar-refractivity contribution in [3.63, 3.8) is 0 Å². The molecule has 1 fully saturated rings. The van der Waals surface area contributed by atoms with Crippen LogP contribution >= 0.6 is 35.4 Å². The van der Waals surface area contributed by atoms with Crippen molar-refractivity contribution in [1.29, 1.82) is 0 Å². The minimum atomic E-state index is -0.743. The quantitative estimate of drug-likeness (QED) is 0.315. The van der Waals surface area contributed by atoms with E-state index in [-0.39, 0.29) is 12.3 Å². The van der Waals surface area contributed by atoms with E-state index in [1.165, 1.54) is 0 Å². The number of thiocarbonyl (C=S) groups is 1. The number of carboxylic acids is 1. The van der Waals surface area contributed by atoms with Gasteiger partial charge in [0.15, 0.2) is 0 Å². The molecule has 0 saturated heterocycles. The van der Waals surface area contributed by atoms with Gasteiger partial charge in [0.05, 0.1) is 6.61 Å². The molecule has 2 rings (SSSR count). The molecule has 3 nitrogen and oxygen atoms in total. The van der Waals surface area contributed by atoms with Crippen LogP contribution in [-0.4, -0.2) is 22.5 Å². The van der Waals surface area contributed by atoms with Crippen LogP contribution in [0.4, 0.5) is 0 Å². The molecule has 0 aliphatic heterocycles. The Morgan fingerprint density at radius 1 is 1.28 bits per heavy atom. The first-order valence-electron chi connectivity index (χ1n) is 8.44. The summed E-state index contributed by atoms with van der Waals surface area (Å²) in [6.45, 7) is 0.535. The van der Waals surface area contributed by atoms with Crippen LogP contribution < -0.4 is 4.74 Å². The van der Waals surface area contributed by atoms with E-state index < -0.39 is 5.97 Å². The fraction of sp³-hybridized carbons (Fsp3) is 0.474. The highest BCUT2D eigenvalue weighted by Gasteiger charge is 2.31. The Labute approximate surface area is 164 Å². The van der Waals surface area contributed by atoms with Gasteiger partial charge in [-0.05, 0) is 61.1 Å². The topological polar surface area (TPSA) is 46.5 Å². The van der Waals surface area contributed by atoms with Gasteiger partial charge in [-0.2, -0.15) is 0 Å². The summed E-state index contributed by atoms with van der Waals surface area (Å²) in [5, 5.41) is 9.73. The molecule has 0 radical (unpaired) electrons. The van der Waals surface area contributed by atoms with Crippen LogP contribution in [0.5, 0.6) is 5.75 Å². The molecule has 0 aromatic heterocycles. The molecule has 0 bridgehead atoms. The second-order valence-corrected chi connectivity index (χ2v) is 7.68. The van der Waals surface area contributed by atoms with Crippen LogP contribution in [0.2, 0.25) is 10.0 Å². The van der Waals surface area contributed by atoms with Crippen LogP contribution in [0.3, 0.4) is 0 Å². The predicted octanol–water partition coefficient (Wildman–Crippen LogP) is 5.97. The highest BCUT2D eigenvalue weighted by Crippen LogP contribution is 2.34. The van der Waals surface area contributed by atoms with Crippen LogP contribution in [0.15, 0.2) is 30.4 Å². The van der Waals surface area contributed by atoms with E-state index in [0.717, 1.165) is 30.5 Å². The first-order chi connectivity index (χ1) is 12.0. The number of hydrogen-bond donors (Lipinski definition) is 1. The molecule has 0 heterocycles. The molecule has 1 aliphatic carbocycles. The van der Waals surface area contributed by atoms with Crippen molar-refractivity contribution < 1.29 is 14.6 Å². The molecule has 1 aromatic rings. The van der Waals surface area contributed by atoms with Crippen LogP contribution in [-0.2, 0) is 4.79 Å². The monoisotopic (exact) mass is 400 g/mol. The Morgan fingerprint density at radius 2 is 2.00 bits per heavy atom. The molecule has 2 atom stereocenters. The summed E-state index contributed by atoms with van der Waals surface area (Å²) in [6, 6.07) is 5.18. The van der Waals surface area contributed by atoms with E-state index in [4.69, 9.17) is 45.3 Å². The van der Waals surface area contributed by atoms with Crippen LogP contribution in [0, 0.1) is 11.8 Å². The molecule has 0 amide bonds. The molecule has 1 aromatic carbocycles. The third-order valence-electron chi connectivity index (χ3n) is 4.38. The maximum absolute atomic E-state index is 10.5. The summed E-state index contributed by atoms with van der Waals surface area (Å²) in [7, 11) is 0. The standard InChI is InChI=1S/C19H22Cl2O3S/c20-14-9-15(21)11-16(10-14)24-12-17-13(7-8-18(17)25)5-3-1-2-4-6-19(22)23/h1,3,9-11,13,17H,2,4-8,12H2,(H,22,23)/t13-,17+/m0/s1. The van der Waals surface area contributed by atoms with Crippen LogP contribution in [0.25, 0.3) is 0 Å². The second-order valence-electron chi connectivity index (χ2n) is 6.28. The Morgan fingerprint density at radius 3 is 2.68 bits per heavy atom. The lowest BCUT2D eigenvalue weighted by molar-refractivity contribution is -0.137. The van der Waals surface area contributed by atoms with Gasteiger partial charge in [-0.25, -0.2) is 0 Å². The zero-order chi connectivity index (χ0) is 18.2. The number of carboxylic acid groups (broad SMARTS) is 1. The number of hydrogen-bond acceptors (Lipinski definition) is 3. The molecular formula is C19H22Cl2O3S. The van der Waals surface area contributed by atoms with Gasteiger partial charge in [0.2, 0.25) is 0 Å². The molecule has 25 heavy (non-hydrogen) atoms. The maximum Gasteiger partial charge on any atom is 0.303 e. The van der Waals surface area contributed by atoms with E-state index in [1.54, 1.807) is 18.2 Å². The molecule has 6 heteroatoms. The molecule has 1 saturated carbocycles.